The van der Waals surface area contributed by atoms with E-state index in [0.29, 0.717) is 34.8 Å². The zero-order valence-corrected chi connectivity index (χ0v) is 23.7. The van der Waals surface area contributed by atoms with E-state index in [1.807, 2.05) is 6.07 Å². The van der Waals surface area contributed by atoms with Gasteiger partial charge in [-0.1, -0.05) is 45.2 Å². The second-order valence-corrected chi connectivity index (χ2v) is 12.2. The van der Waals surface area contributed by atoms with E-state index in [4.69, 9.17) is 19.5 Å². The molecule has 212 valence electrons. The molecule has 0 amide bonds. The number of H-pyrrole nitrogens is 2. The Labute approximate surface area is 232 Å². The number of nitrogens with zero attached hydrogens (tertiary/aromatic N) is 5. The summed E-state index contributed by atoms with van der Waals surface area (Å²) in [5, 5.41) is 7.49. The summed E-state index contributed by atoms with van der Waals surface area (Å²) in [6.07, 6.45) is 8.29. The van der Waals surface area contributed by atoms with Crippen molar-refractivity contribution in [3.63, 3.8) is 0 Å². The zero-order chi connectivity index (χ0) is 28.0. The SMILES string of the molecule is CC1CCC(Cn2c(-c3cc(C(C)C)cc(=O)[nH]3)nc3nc(-c4noc(=O)[nH]4)nc(N[C@H](C)C4CCC4)c32)CC1. The van der Waals surface area contributed by atoms with Crippen LogP contribution in [0.15, 0.2) is 26.2 Å². The molecule has 2 fully saturated rings. The van der Waals surface area contributed by atoms with Crippen molar-refractivity contribution in [3.05, 3.63) is 38.6 Å². The predicted molar refractivity (Wildman–Crippen MR) is 153 cm³/mol. The molecule has 2 saturated carbocycles. The van der Waals surface area contributed by atoms with E-state index in [0.717, 1.165) is 36.4 Å². The van der Waals surface area contributed by atoms with E-state index in [9.17, 15) is 9.59 Å². The highest BCUT2D eigenvalue weighted by atomic mass is 16.5. The molecule has 4 heterocycles. The summed E-state index contributed by atoms with van der Waals surface area (Å²) < 4.78 is 6.94. The summed E-state index contributed by atoms with van der Waals surface area (Å²) in [5.41, 5.74) is 2.73. The van der Waals surface area contributed by atoms with Crippen molar-refractivity contribution in [1.82, 2.24) is 34.6 Å². The quantitative estimate of drug-likeness (QED) is 0.277. The second-order valence-electron chi connectivity index (χ2n) is 12.2. The van der Waals surface area contributed by atoms with Gasteiger partial charge < -0.3 is 14.9 Å². The molecule has 0 saturated heterocycles. The lowest BCUT2D eigenvalue weighted by Gasteiger charge is -2.32. The van der Waals surface area contributed by atoms with Crippen LogP contribution in [0.5, 0.6) is 0 Å². The molecule has 11 heteroatoms. The molecular formula is C29H38N8O3. The topological polar surface area (TPSA) is 147 Å². The lowest BCUT2D eigenvalue weighted by molar-refractivity contribution is 0.267. The van der Waals surface area contributed by atoms with E-state index in [1.165, 1.54) is 32.1 Å². The molecule has 4 aromatic heterocycles. The maximum atomic E-state index is 12.7. The van der Waals surface area contributed by atoms with Crippen LogP contribution in [-0.4, -0.2) is 40.7 Å². The molecule has 4 aromatic rings. The Morgan fingerprint density at radius 2 is 1.80 bits per heavy atom. The molecule has 2 aliphatic carbocycles. The number of aromatic amines is 2. The summed E-state index contributed by atoms with van der Waals surface area (Å²) in [6, 6.07) is 3.86. The minimum absolute atomic E-state index is 0.152. The normalized spacial score (nSPS) is 20.6. The molecule has 0 aliphatic heterocycles. The average molecular weight is 547 g/mol. The Morgan fingerprint density at radius 3 is 2.45 bits per heavy atom. The first-order chi connectivity index (χ1) is 19.2. The lowest BCUT2D eigenvalue weighted by atomic mass is 9.80. The van der Waals surface area contributed by atoms with Crippen LogP contribution >= 0.6 is 0 Å². The smallest absolute Gasteiger partial charge is 0.365 e. The van der Waals surface area contributed by atoms with Crippen molar-refractivity contribution in [1.29, 1.82) is 0 Å². The number of aromatic nitrogens is 7. The van der Waals surface area contributed by atoms with Crippen LogP contribution in [0.1, 0.15) is 84.1 Å². The van der Waals surface area contributed by atoms with Gasteiger partial charge in [-0.2, -0.15) is 0 Å². The van der Waals surface area contributed by atoms with Crippen LogP contribution in [0.3, 0.4) is 0 Å². The Balaban J connectivity index is 1.55. The maximum Gasteiger partial charge on any atom is 0.439 e. The van der Waals surface area contributed by atoms with Crippen molar-refractivity contribution < 1.29 is 4.52 Å². The first kappa shape index (κ1) is 26.5. The predicted octanol–water partition coefficient (Wildman–Crippen LogP) is 5.08. The molecule has 0 spiro atoms. The monoisotopic (exact) mass is 546 g/mol. The van der Waals surface area contributed by atoms with Crippen molar-refractivity contribution in [2.24, 2.45) is 17.8 Å². The number of fused-ring (bicyclic) bond motifs is 1. The average Bonchev–Trinajstić information content (AvgIpc) is 3.47. The number of rotatable bonds is 8. The third kappa shape index (κ3) is 5.21. The van der Waals surface area contributed by atoms with Gasteiger partial charge in [0, 0.05) is 18.7 Å². The van der Waals surface area contributed by atoms with Crippen molar-refractivity contribution in [3.8, 4) is 23.2 Å². The molecule has 40 heavy (non-hydrogen) atoms. The van der Waals surface area contributed by atoms with Crippen LogP contribution in [0, 0.1) is 17.8 Å². The maximum absolute atomic E-state index is 12.7. The highest BCUT2D eigenvalue weighted by Gasteiger charge is 2.29. The van der Waals surface area contributed by atoms with E-state index >= 15 is 0 Å². The summed E-state index contributed by atoms with van der Waals surface area (Å²) in [7, 11) is 0. The number of pyridine rings is 1. The standard InChI is InChI=1S/C29H38N8O3/c1-15(2)20-12-21(31-22(38)13-20)28-34-25-23(37(28)14-18-10-8-16(3)9-11-18)24(30-17(4)19-6-5-7-19)32-26(33-25)27-35-29(39)40-36-27/h12-13,15-19H,5-11,14H2,1-4H3,(H,31,38)(H,30,32,33)(H,35,36,39)/t16?,17-,18?/m1/s1. The first-order valence-corrected chi connectivity index (χ1v) is 14.6. The Morgan fingerprint density at radius 1 is 1.02 bits per heavy atom. The fourth-order valence-corrected chi connectivity index (χ4v) is 6.01. The Bertz CT molecular complexity index is 1620. The minimum atomic E-state index is -0.670. The Kier molecular flexibility index (Phi) is 7.06. The van der Waals surface area contributed by atoms with E-state index in [1.54, 1.807) is 6.07 Å². The molecule has 2 aliphatic rings. The van der Waals surface area contributed by atoms with Gasteiger partial charge in [0.2, 0.25) is 17.2 Å². The summed E-state index contributed by atoms with van der Waals surface area (Å²) in [4.78, 5) is 44.6. The molecule has 3 N–H and O–H groups in total. The van der Waals surface area contributed by atoms with Crippen LogP contribution in [0.2, 0.25) is 0 Å². The fourth-order valence-electron chi connectivity index (χ4n) is 6.01. The van der Waals surface area contributed by atoms with Gasteiger partial charge in [-0.05, 0) is 67.9 Å². The minimum Gasteiger partial charge on any atom is -0.365 e. The third-order valence-electron chi connectivity index (χ3n) is 8.83. The molecule has 1 atom stereocenters. The molecule has 6 rings (SSSR count). The molecular weight excluding hydrogens is 508 g/mol. The Hall–Kier alpha value is -3.76. The van der Waals surface area contributed by atoms with Crippen molar-refractivity contribution in [2.75, 3.05) is 5.32 Å². The summed E-state index contributed by atoms with van der Waals surface area (Å²) >= 11 is 0. The zero-order valence-electron chi connectivity index (χ0n) is 23.7. The van der Waals surface area contributed by atoms with Gasteiger partial charge in [0.15, 0.2) is 17.3 Å². The number of hydrogen-bond donors (Lipinski definition) is 3. The third-order valence-corrected chi connectivity index (χ3v) is 8.83. The van der Waals surface area contributed by atoms with Gasteiger partial charge in [-0.15, -0.1) is 0 Å². The van der Waals surface area contributed by atoms with Crippen molar-refractivity contribution in [2.45, 2.75) is 91.1 Å². The highest BCUT2D eigenvalue weighted by molar-refractivity contribution is 5.88. The van der Waals surface area contributed by atoms with Crippen LogP contribution < -0.4 is 16.6 Å². The van der Waals surface area contributed by atoms with E-state index < -0.39 is 5.76 Å². The van der Waals surface area contributed by atoms with Crippen LogP contribution in [0.25, 0.3) is 34.3 Å². The molecule has 0 aromatic carbocycles. The number of anilines is 1. The largest absolute Gasteiger partial charge is 0.439 e. The molecule has 0 bridgehead atoms. The van der Waals surface area contributed by atoms with Crippen LogP contribution in [-0.2, 0) is 6.54 Å². The van der Waals surface area contributed by atoms with Crippen molar-refractivity contribution >= 4 is 17.0 Å². The summed E-state index contributed by atoms with van der Waals surface area (Å²) in [6.45, 7) is 9.41. The van der Waals surface area contributed by atoms with Crippen LogP contribution in [0.4, 0.5) is 5.82 Å². The van der Waals surface area contributed by atoms with Gasteiger partial charge in [-0.3, -0.25) is 14.3 Å². The van der Waals surface area contributed by atoms with Gasteiger partial charge in [-0.25, -0.2) is 19.7 Å². The molecule has 0 radical (unpaired) electrons. The van der Waals surface area contributed by atoms with E-state index in [-0.39, 0.29) is 29.2 Å². The summed E-state index contributed by atoms with van der Waals surface area (Å²) in [5.74, 6) is 3.00. The highest BCUT2D eigenvalue weighted by Crippen LogP contribution is 2.36. The van der Waals surface area contributed by atoms with Gasteiger partial charge in [0.25, 0.3) is 0 Å². The van der Waals surface area contributed by atoms with Gasteiger partial charge in [0.1, 0.15) is 5.52 Å². The number of nitrogens with one attached hydrogen (secondary N) is 3. The lowest BCUT2D eigenvalue weighted by Crippen LogP contribution is -2.31. The van der Waals surface area contributed by atoms with E-state index in [2.05, 4.69) is 52.7 Å². The number of hydrogen-bond acceptors (Lipinski definition) is 8. The fraction of sp³-hybridized carbons (Fsp3) is 0.586. The molecule has 11 nitrogen and oxygen atoms in total. The first-order valence-electron chi connectivity index (χ1n) is 14.6. The second kappa shape index (κ2) is 10.7. The number of imidazole rings is 1. The molecule has 0 unspecified atom stereocenters. The van der Waals surface area contributed by atoms with Gasteiger partial charge >= 0.3 is 5.76 Å². The van der Waals surface area contributed by atoms with Gasteiger partial charge in [0.05, 0.1) is 5.69 Å².